The van der Waals surface area contributed by atoms with Crippen LogP contribution in [0.25, 0.3) is 0 Å². The number of amides is 1. The summed E-state index contributed by atoms with van der Waals surface area (Å²) in [6.07, 6.45) is 1.08. The number of thiophene rings is 1. The van der Waals surface area contributed by atoms with E-state index < -0.39 is 6.10 Å². The summed E-state index contributed by atoms with van der Waals surface area (Å²) in [7, 11) is 0. The highest BCUT2D eigenvalue weighted by atomic mass is 32.1. The van der Waals surface area contributed by atoms with E-state index >= 15 is 0 Å². The van der Waals surface area contributed by atoms with Crippen LogP contribution in [-0.4, -0.2) is 35.0 Å². The summed E-state index contributed by atoms with van der Waals surface area (Å²) >= 11 is 1.56. The quantitative estimate of drug-likeness (QED) is 0.834. The van der Waals surface area contributed by atoms with E-state index in [-0.39, 0.29) is 11.8 Å². The summed E-state index contributed by atoms with van der Waals surface area (Å²) in [5.41, 5.74) is 1.98. The lowest BCUT2D eigenvalue weighted by molar-refractivity contribution is -0.139. The molecule has 1 aromatic carbocycles. The molecule has 1 aromatic heterocycles. The van der Waals surface area contributed by atoms with Crippen molar-refractivity contribution in [3.63, 3.8) is 0 Å². The van der Waals surface area contributed by atoms with Crippen LogP contribution in [0.5, 0.6) is 0 Å². The number of nitrogens with zero attached hydrogens (tertiary/aromatic N) is 1. The van der Waals surface area contributed by atoms with Crippen LogP contribution in [0, 0.1) is 5.92 Å². The van der Waals surface area contributed by atoms with Crippen molar-refractivity contribution < 1.29 is 9.90 Å². The number of aliphatic hydroxyl groups excluding tert-OH is 1. The van der Waals surface area contributed by atoms with Gasteiger partial charge in [0.25, 0.3) is 0 Å². The van der Waals surface area contributed by atoms with Gasteiger partial charge in [0.2, 0.25) is 5.91 Å². The predicted octanol–water partition coefficient (Wildman–Crippen LogP) is 3.20. The van der Waals surface area contributed by atoms with Crippen LogP contribution in [0.1, 0.15) is 37.0 Å². The van der Waals surface area contributed by atoms with E-state index in [1.807, 2.05) is 52.1 Å². The smallest absolute Gasteiger partial charge is 0.226 e. The third kappa shape index (κ3) is 4.91. The molecule has 2 N–H and O–H groups in total. The fourth-order valence-electron chi connectivity index (χ4n) is 3.43. The van der Waals surface area contributed by atoms with Gasteiger partial charge < -0.3 is 15.3 Å². The van der Waals surface area contributed by atoms with Crippen LogP contribution in [0.15, 0.2) is 47.2 Å². The molecule has 25 heavy (non-hydrogen) atoms. The lowest BCUT2D eigenvalue weighted by Crippen LogP contribution is -2.45. The first-order valence-corrected chi connectivity index (χ1v) is 9.84. The van der Waals surface area contributed by atoms with E-state index in [0.29, 0.717) is 19.1 Å². The Morgan fingerprint density at radius 2 is 2.16 bits per heavy atom. The number of hydrogen-bond donors (Lipinski definition) is 2. The Balaban J connectivity index is 1.74. The van der Waals surface area contributed by atoms with Crippen LogP contribution in [-0.2, 0) is 11.3 Å². The van der Waals surface area contributed by atoms with Gasteiger partial charge in [-0.25, -0.2) is 0 Å². The molecule has 134 valence electrons. The first kappa shape index (κ1) is 18.1. The molecule has 4 nitrogen and oxygen atoms in total. The maximum absolute atomic E-state index is 13.1. The second kappa shape index (κ2) is 8.61. The molecule has 5 heteroatoms. The molecule has 1 unspecified atom stereocenters. The maximum atomic E-state index is 13.1. The fraction of sp³-hybridized carbons (Fsp3) is 0.450. The lowest BCUT2D eigenvalue weighted by atomic mass is 9.91. The topological polar surface area (TPSA) is 52.6 Å². The van der Waals surface area contributed by atoms with Crippen LogP contribution in [0.2, 0.25) is 0 Å². The molecule has 2 aromatic rings. The van der Waals surface area contributed by atoms with Gasteiger partial charge in [-0.15, -0.1) is 0 Å². The highest BCUT2D eigenvalue weighted by molar-refractivity contribution is 7.07. The maximum Gasteiger partial charge on any atom is 0.226 e. The molecule has 1 aliphatic heterocycles. The van der Waals surface area contributed by atoms with Gasteiger partial charge >= 0.3 is 0 Å². The van der Waals surface area contributed by atoms with Gasteiger partial charge in [-0.1, -0.05) is 30.3 Å². The molecule has 1 amide bonds. The SMILES string of the molecule is C[C@H]1C[C@@H](C(=O)N(Cc2ccccc2)CC(O)c2ccsc2)CCN1. The van der Waals surface area contributed by atoms with Crippen molar-refractivity contribution in [3.8, 4) is 0 Å². The van der Waals surface area contributed by atoms with Crippen LogP contribution in [0.4, 0.5) is 0 Å². The number of benzene rings is 1. The third-order valence-corrected chi connectivity index (χ3v) is 5.52. The Hall–Kier alpha value is -1.69. The second-order valence-electron chi connectivity index (χ2n) is 6.85. The molecule has 3 rings (SSSR count). The minimum atomic E-state index is -0.641. The largest absolute Gasteiger partial charge is 0.387 e. The van der Waals surface area contributed by atoms with E-state index in [9.17, 15) is 9.90 Å². The predicted molar refractivity (Wildman–Crippen MR) is 101 cm³/mol. The molecular weight excluding hydrogens is 332 g/mol. The van der Waals surface area contributed by atoms with Crippen LogP contribution in [0.3, 0.4) is 0 Å². The minimum absolute atomic E-state index is 0.0367. The summed E-state index contributed by atoms with van der Waals surface area (Å²) in [5.74, 6) is 0.195. The van der Waals surface area contributed by atoms with E-state index in [4.69, 9.17) is 0 Å². The van der Waals surface area contributed by atoms with Gasteiger partial charge in [0.05, 0.1) is 12.6 Å². The molecule has 1 saturated heterocycles. The van der Waals surface area contributed by atoms with Gasteiger partial charge in [0.15, 0.2) is 0 Å². The van der Waals surface area contributed by atoms with Crippen LogP contribution >= 0.6 is 11.3 Å². The molecule has 3 atom stereocenters. The monoisotopic (exact) mass is 358 g/mol. The second-order valence-corrected chi connectivity index (χ2v) is 7.63. The Labute approximate surface area is 153 Å². The summed E-state index contributed by atoms with van der Waals surface area (Å²) < 4.78 is 0. The number of hydrogen-bond acceptors (Lipinski definition) is 4. The normalized spacial score (nSPS) is 21.7. The zero-order valence-electron chi connectivity index (χ0n) is 14.6. The van der Waals surface area contributed by atoms with E-state index in [1.165, 1.54) is 0 Å². The Kier molecular flexibility index (Phi) is 6.24. The first-order valence-electron chi connectivity index (χ1n) is 8.89. The van der Waals surface area contributed by atoms with Crippen molar-refractivity contribution >= 4 is 17.2 Å². The highest BCUT2D eigenvalue weighted by Crippen LogP contribution is 2.23. The first-order chi connectivity index (χ1) is 12.1. The molecule has 0 spiro atoms. The Morgan fingerprint density at radius 1 is 1.36 bits per heavy atom. The third-order valence-electron chi connectivity index (χ3n) is 4.82. The highest BCUT2D eigenvalue weighted by Gasteiger charge is 2.29. The summed E-state index contributed by atoms with van der Waals surface area (Å²) in [6, 6.07) is 12.3. The van der Waals surface area contributed by atoms with Crippen molar-refractivity contribution in [1.82, 2.24) is 10.2 Å². The Morgan fingerprint density at radius 3 is 2.84 bits per heavy atom. The van der Waals surface area contributed by atoms with Crippen molar-refractivity contribution in [2.24, 2.45) is 5.92 Å². The number of nitrogens with one attached hydrogen (secondary N) is 1. The number of piperidine rings is 1. The molecule has 1 fully saturated rings. The van der Waals surface area contributed by atoms with Crippen molar-refractivity contribution in [1.29, 1.82) is 0 Å². The van der Waals surface area contributed by atoms with E-state index in [0.717, 1.165) is 30.5 Å². The summed E-state index contributed by atoms with van der Waals surface area (Å²) in [6.45, 7) is 3.88. The standard InChI is InChI=1S/C20H26N2O2S/c1-15-11-17(7-9-21-15)20(24)22(12-16-5-3-2-4-6-16)13-19(23)18-8-10-25-14-18/h2-6,8,10,14-15,17,19,21,23H,7,9,11-13H2,1H3/t15-,17-,19?/m0/s1. The number of aliphatic hydroxyl groups is 1. The zero-order chi connectivity index (χ0) is 17.6. The lowest BCUT2D eigenvalue weighted by Gasteiger charge is -2.33. The average molecular weight is 359 g/mol. The molecular formula is C20H26N2O2S. The number of carbonyl (C=O) groups excluding carboxylic acids is 1. The van der Waals surface area contributed by atoms with Gasteiger partial charge in [-0.05, 0) is 54.3 Å². The van der Waals surface area contributed by atoms with Crippen molar-refractivity contribution in [3.05, 3.63) is 58.3 Å². The minimum Gasteiger partial charge on any atom is -0.387 e. The molecule has 2 heterocycles. The number of rotatable bonds is 6. The van der Waals surface area contributed by atoms with Gasteiger partial charge in [0, 0.05) is 18.5 Å². The van der Waals surface area contributed by atoms with Crippen molar-refractivity contribution in [2.75, 3.05) is 13.1 Å². The molecule has 0 bridgehead atoms. The Bertz CT molecular complexity index is 660. The van der Waals surface area contributed by atoms with Crippen LogP contribution < -0.4 is 5.32 Å². The number of carbonyl (C=O) groups is 1. The molecule has 0 saturated carbocycles. The van der Waals surface area contributed by atoms with Gasteiger partial charge in [0.1, 0.15) is 0 Å². The molecule has 0 aliphatic carbocycles. The average Bonchev–Trinajstić information content (AvgIpc) is 3.16. The molecule has 1 aliphatic rings. The summed E-state index contributed by atoms with van der Waals surface area (Å²) in [5, 5.41) is 17.9. The fourth-order valence-corrected chi connectivity index (χ4v) is 4.14. The van der Waals surface area contributed by atoms with Crippen molar-refractivity contribution in [2.45, 2.75) is 38.5 Å². The van der Waals surface area contributed by atoms with E-state index in [2.05, 4.69) is 12.2 Å². The van der Waals surface area contributed by atoms with E-state index in [1.54, 1.807) is 11.3 Å². The molecule has 0 radical (unpaired) electrons. The van der Waals surface area contributed by atoms with Gasteiger partial charge in [-0.3, -0.25) is 4.79 Å². The van der Waals surface area contributed by atoms with Gasteiger partial charge in [-0.2, -0.15) is 11.3 Å². The summed E-state index contributed by atoms with van der Waals surface area (Å²) in [4.78, 5) is 15.0. The zero-order valence-corrected chi connectivity index (χ0v) is 15.4.